The van der Waals surface area contributed by atoms with Crippen molar-refractivity contribution >= 4 is 22.4 Å². The van der Waals surface area contributed by atoms with Crippen molar-refractivity contribution in [1.82, 2.24) is 19.7 Å². The van der Waals surface area contributed by atoms with Crippen molar-refractivity contribution in [2.24, 2.45) is 0 Å². The van der Waals surface area contributed by atoms with E-state index in [-0.39, 0.29) is 11.5 Å². The van der Waals surface area contributed by atoms with E-state index in [1.807, 2.05) is 38.1 Å². The van der Waals surface area contributed by atoms with Crippen LogP contribution in [-0.4, -0.2) is 40.4 Å². The highest BCUT2D eigenvalue weighted by Gasteiger charge is 2.20. The molecule has 0 atom stereocenters. The summed E-state index contributed by atoms with van der Waals surface area (Å²) in [7, 11) is 1.62. The molecule has 7 nitrogen and oxygen atoms in total. The Hall–Kier alpha value is -3.87. The average molecular weight is 442 g/mol. The molecule has 1 aliphatic heterocycles. The smallest absolute Gasteiger partial charge is 0.281 e. The first-order valence-electron chi connectivity index (χ1n) is 11.2. The number of hydrogen-bond donors (Lipinski definition) is 1. The third kappa shape index (κ3) is 3.59. The predicted molar refractivity (Wildman–Crippen MR) is 131 cm³/mol. The maximum Gasteiger partial charge on any atom is 0.281 e. The molecule has 3 heterocycles. The van der Waals surface area contributed by atoms with Gasteiger partial charge < -0.3 is 14.8 Å². The van der Waals surface area contributed by atoms with Gasteiger partial charge in [0, 0.05) is 48.3 Å². The van der Waals surface area contributed by atoms with Crippen LogP contribution in [0.3, 0.4) is 0 Å². The standard InChI is InChI=1S/C26H27N5O2/c1-17-23-16-28-31(20-10-8-19(9-11-20)14-24(32)27-3)26(33)25(23)18(2)30(17)22-7-4-6-21(15-22)29-12-5-13-29/h4,6-11,15-16H,5,12-14H2,1-3H3,(H,27,32). The molecule has 7 heteroatoms. The van der Waals surface area contributed by atoms with Crippen LogP contribution in [0.2, 0.25) is 0 Å². The van der Waals surface area contributed by atoms with Crippen LogP contribution < -0.4 is 15.8 Å². The van der Waals surface area contributed by atoms with Crippen molar-refractivity contribution in [2.75, 3.05) is 25.0 Å². The maximum atomic E-state index is 13.5. The molecule has 0 bridgehead atoms. The van der Waals surface area contributed by atoms with Crippen molar-refractivity contribution in [3.63, 3.8) is 0 Å². The molecule has 2 aromatic heterocycles. The van der Waals surface area contributed by atoms with Gasteiger partial charge >= 0.3 is 0 Å². The molecule has 0 unspecified atom stereocenters. The predicted octanol–water partition coefficient (Wildman–Crippen LogP) is 3.29. The lowest BCUT2D eigenvalue weighted by Gasteiger charge is -2.33. The van der Waals surface area contributed by atoms with E-state index >= 15 is 0 Å². The monoisotopic (exact) mass is 441 g/mol. The van der Waals surface area contributed by atoms with Gasteiger partial charge in [0.2, 0.25) is 5.91 Å². The Kier molecular flexibility index (Phi) is 5.24. The van der Waals surface area contributed by atoms with E-state index in [9.17, 15) is 9.59 Å². The highest BCUT2D eigenvalue weighted by atomic mass is 16.1. The topological polar surface area (TPSA) is 72.2 Å². The molecule has 33 heavy (non-hydrogen) atoms. The molecule has 0 aliphatic carbocycles. The van der Waals surface area contributed by atoms with Gasteiger partial charge in [-0.15, -0.1) is 0 Å². The lowest BCUT2D eigenvalue weighted by atomic mass is 10.1. The van der Waals surface area contributed by atoms with Crippen LogP contribution in [0.1, 0.15) is 23.4 Å². The summed E-state index contributed by atoms with van der Waals surface area (Å²) in [5.74, 6) is -0.0509. The molecule has 5 rings (SSSR count). The Morgan fingerprint density at radius 1 is 1.00 bits per heavy atom. The van der Waals surface area contributed by atoms with E-state index in [4.69, 9.17) is 0 Å². The van der Waals surface area contributed by atoms with Gasteiger partial charge in [0.15, 0.2) is 0 Å². The Morgan fingerprint density at radius 3 is 2.39 bits per heavy atom. The van der Waals surface area contributed by atoms with Crippen LogP contribution in [0.4, 0.5) is 5.69 Å². The van der Waals surface area contributed by atoms with Crippen LogP contribution in [0.15, 0.2) is 59.5 Å². The summed E-state index contributed by atoms with van der Waals surface area (Å²) in [6.45, 7) is 6.20. The summed E-state index contributed by atoms with van der Waals surface area (Å²) in [4.78, 5) is 27.5. The minimum atomic E-state index is -0.148. The summed E-state index contributed by atoms with van der Waals surface area (Å²) >= 11 is 0. The summed E-state index contributed by atoms with van der Waals surface area (Å²) in [5.41, 5.74) is 5.57. The first kappa shape index (κ1) is 21.0. The number of benzene rings is 2. The van der Waals surface area contributed by atoms with Crippen LogP contribution in [0.5, 0.6) is 0 Å². The molecular weight excluding hydrogens is 414 g/mol. The molecule has 1 aliphatic rings. The summed E-state index contributed by atoms with van der Waals surface area (Å²) in [5, 5.41) is 8.62. The minimum absolute atomic E-state index is 0.0509. The number of carbonyl (C=O) groups is 1. The second kappa shape index (κ2) is 8.24. The molecule has 4 aromatic rings. The molecule has 1 fully saturated rings. The molecule has 1 amide bonds. The zero-order chi connectivity index (χ0) is 23.1. The highest BCUT2D eigenvalue weighted by molar-refractivity contribution is 5.88. The van der Waals surface area contributed by atoms with E-state index in [1.165, 1.54) is 16.8 Å². The van der Waals surface area contributed by atoms with E-state index in [2.05, 4.69) is 44.1 Å². The summed E-state index contributed by atoms with van der Waals surface area (Å²) < 4.78 is 3.58. The molecule has 1 saturated heterocycles. The number of nitrogens with zero attached hydrogens (tertiary/aromatic N) is 4. The van der Waals surface area contributed by atoms with Crippen molar-refractivity contribution in [3.05, 3.63) is 82.0 Å². The van der Waals surface area contributed by atoms with Crippen molar-refractivity contribution in [1.29, 1.82) is 0 Å². The van der Waals surface area contributed by atoms with Crippen molar-refractivity contribution < 1.29 is 4.79 Å². The Morgan fingerprint density at radius 2 is 1.73 bits per heavy atom. The number of nitrogens with one attached hydrogen (secondary N) is 1. The minimum Gasteiger partial charge on any atom is -0.371 e. The number of amides is 1. The Balaban J connectivity index is 1.57. The third-order valence-electron chi connectivity index (χ3n) is 6.53. The number of hydrogen-bond acceptors (Lipinski definition) is 4. The van der Waals surface area contributed by atoms with Crippen LogP contribution in [0.25, 0.3) is 22.1 Å². The fourth-order valence-corrected chi connectivity index (χ4v) is 4.56. The van der Waals surface area contributed by atoms with Gasteiger partial charge in [0.25, 0.3) is 5.56 Å². The van der Waals surface area contributed by atoms with Crippen molar-refractivity contribution in [2.45, 2.75) is 26.7 Å². The third-order valence-corrected chi connectivity index (χ3v) is 6.53. The number of carbonyl (C=O) groups excluding carboxylic acids is 1. The second-order valence-corrected chi connectivity index (χ2v) is 8.53. The largest absolute Gasteiger partial charge is 0.371 e. The number of aryl methyl sites for hydroxylation is 2. The fourth-order valence-electron chi connectivity index (χ4n) is 4.56. The SMILES string of the molecule is CNC(=O)Cc1ccc(-n2ncc3c(C)n(-c4cccc(N5CCC5)c4)c(C)c3c2=O)cc1. The zero-order valence-corrected chi connectivity index (χ0v) is 19.1. The first-order chi connectivity index (χ1) is 16.0. The molecule has 0 radical (unpaired) electrons. The van der Waals surface area contributed by atoms with E-state index in [1.54, 1.807) is 13.2 Å². The molecule has 2 aromatic carbocycles. The Bertz CT molecular complexity index is 1410. The van der Waals surface area contributed by atoms with Gasteiger partial charge in [-0.25, -0.2) is 0 Å². The van der Waals surface area contributed by atoms with Crippen LogP contribution >= 0.6 is 0 Å². The van der Waals surface area contributed by atoms with Gasteiger partial charge in [-0.1, -0.05) is 18.2 Å². The molecule has 0 spiro atoms. The molecule has 1 N–H and O–H groups in total. The van der Waals surface area contributed by atoms with E-state index in [0.29, 0.717) is 17.5 Å². The van der Waals surface area contributed by atoms with Gasteiger partial charge in [-0.3, -0.25) is 9.59 Å². The number of likely N-dealkylation sites (N-methyl/N-ethyl adjacent to an activating group) is 1. The van der Waals surface area contributed by atoms with Gasteiger partial charge in [-0.2, -0.15) is 9.78 Å². The van der Waals surface area contributed by atoms with Gasteiger partial charge in [0.05, 0.1) is 23.7 Å². The molecular formula is C26H27N5O2. The quantitative estimate of drug-likeness (QED) is 0.516. The second-order valence-electron chi connectivity index (χ2n) is 8.53. The highest BCUT2D eigenvalue weighted by Crippen LogP contribution is 2.29. The van der Waals surface area contributed by atoms with Crippen LogP contribution in [-0.2, 0) is 11.2 Å². The van der Waals surface area contributed by atoms with E-state index in [0.717, 1.165) is 41.1 Å². The normalized spacial score (nSPS) is 13.2. The van der Waals surface area contributed by atoms with E-state index < -0.39 is 0 Å². The number of anilines is 1. The Labute approximate surface area is 192 Å². The number of aromatic nitrogens is 3. The summed E-state index contributed by atoms with van der Waals surface area (Å²) in [6, 6.07) is 15.8. The zero-order valence-electron chi connectivity index (χ0n) is 19.1. The fraction of sp³-hybridized carbons (Fsp3) is 0.269. The lowest BCUT2D eigenvalue weighted by molar-refractivity contribution is -0.119. The van der Waals surface area contributed by atoms with Crippen LogP contribution in [0, 0.1) is 13.8 Å². The average Bonchev–Trinajstić information content (AvgIpc) is 3.04. The first-order valence-corrected chi connectivity index (χ1v) is 11.2. The molecule has 0 saturated carbocycles. The van der Waals surface area contributed by atoms with Gasteiger partial charge in [-0.05, 0) is 56.2 Å². The number of rotatable bonds is 5. The number of fused-ring (bicyclic) bond motifs is 1. The maximum absolute atomic E-state index is 13.5. The lowest BCUT2D eigenvalue weighted by Crippen LogP contribution is -2.36. The van der Waals surface area contributed by atoms with Gasteiger partial charge in [0.1, 0.15) is 0 Å². The van der Waals surface area contributed by atoms with Crippen molar-refractivity contribution in [3.8, 4) is 11.4 Å². The summed E-state index contributed by atoms with van der Waals surface area (Å²) in [6.07, 6.45) is 3.30. The molecule has 168 valence electrons.